The summed E-state index contributed by atoms with van der Waals surface area (Å²) in [6, 6.07) is 7.44. The molecular weight excluding hydrogens is 392 g/mol. The summed E-state index contributed by atoms with van der Waals surface area (Å²) in [6.45, 7) is 8.76. The van der Waals surface area contributed by atoms with Gasteiger partial charge in [-0.05, 0) is 32.0 Å². The SMILES string of the molecule is CCOc1ccc2nc(N(CCN3CCOCC3)C(=O)c3cc(C)no3)sc2c1. The van der Waals surface area contributed by atoms with Crippen molar-refractivity contribution in [1.82, 2.24) is 15.0 Å². The van der Waals surface area contributed by atoms with Crippen molar-refractivity contribution in [3.8, 4) is 5.75 Å². The average molecular weight is 417 g/mol. The van der Waals surface area contributed by atoms with Crippen molar-refractivity contribution in [1.29, 1.82) is 0 Å². The van der Waals surface area contributed by atoms with E-state index in [0.717, 1.165) is 48.8 Å². The van der Waals surface area contributed by atoms with Gasteiger partial charge in [-0.25, -0.2) is 4.98 Å². The highest BCUT2D eigenvalue weighted by Gasteiger charge is 2.25. The highest BCUT2D eigenvalue weighted by molar-refractivity contribution is 7.22. The van der Waals surface area contributed by atoms with Crippen LogP contribution in [0.5, 0.6) is 5.75 Å². The molecule has 2 aromatic heterocycles. The molecule has 0 aliphatic carbocycles. The number of anilines is 1. The summed E-state index contributed by atoms with van der Waals surface area (Å²) in [5, 5.41) is 4.50. The summed E-state index contributed by atoms with van der Waals surface area (Å²) in [5.41, 5.74) is 1.51. The molecule has 3 heterocycles. The third-order valence-corrected chi connectivity index (χ3v) is 5.76. The predicted octanol–water partition coefficient (Wildman–Crippen LogP) is 2.97. The number of carbonyl (C=O) groups excluding carboxylic acids is 1. The van der Waals surface area contributed by atoms with Gasteiger partial charge in [-0.2, -0.15) is 0 Å². The van der Waals surface area contributed by atoms with E-state index in [4.69, 9.17) is 19.0 Å². The molecule has 154 valence electrons. The van der Waals surface area contributed by atoms with Crippen LogP contribution >= 0.6 is 11.3 Å². The third-order valence-electron chi connectivity index (χ3n) is 4.72. The van der Waals surface area contributed by atoms with E-state index in [0.29, 0.717) is 24.0 Å². The Labute approximate surface area is 173 Å². The van der Waals surface area contributed by atoms with Crippen LogP contribution in [0.2, 0.25) is 0 Å². The topological polar surface area (TPSA) is 80.9 Å². The van der Waals surface area contributed by atoms with Gasteiger partial charge in [0.15, 0.2) is 5.13 Å². The predicted molar refractivity (Wildman–Crippen MR) is 111 cm³/mol. The largest absolute Gasteiger partial charge is 0.494 e. The van der Waals surface area contributed by atoms with Gasteiger partial charge in [0.25, 0.3) is 5.91 Å². The number of carbonyl (C=O) groups is 1. The number of morpholine rings is 1. The van der Waals surface area contributed by atoms with Crippen LogP contribution in [0.15, 0.2) is 28.8 Å². The lowest BCUT2D eigenvalue weighted by atomic mass is 10.3. The molecule has 1 aliphatic heterocycles. The molecule has 0 radical (unpaired) electrons. The minimum absolute atomic E-state index is 0.221. The van der Waals surface area contributed by atoms with Crippen molar-refractivity contribution in [3.05, 3.63) is 35.7 Å². The highest BCUT2D eigenvalue weighted by Crippen LogP contribution is 2.32. The van der Waals surface area contributed by atoms with Gasteiger partial charge in [-0.1, -0.05) is 16.5 Å². The Balaban J connectivity index is 1.61. The summed E-state index contributed by atoms with van der Waals surface area (Å²) in [6.07, 6.45) is 0. The van der Waals surface area contributed by atoms with Crippen LogP contribution in [-0.2, 0) is 4.74 Å². The van der Waals surface area contributed by atoms with E-state index >= 15 is 0 Å². The van der Waals surface area contributed by atoms with Crippen LogP contribution in [0.3, 0.4) is 0 Å². The van der Waals surface area contributed by atoms with E-state index in [1.807, 2.05) is 25.1 Å². The molecule has 0 spiro atoms. The number of aromatic nitrogens is 2. The van der Waals surface area contributed by atoms with Crippen LogP contribution in [0.25, 0.3) is 10.2 Å². The van der Waals surface area contributed by atoms with Crippen LogP contribution in [0.4, 0.5) is 5.13 Å². The monoisotopic (exact) mass is 416 g/mol. The molecular formula is C20H24N4O4S. The lowest BCUT2D eigenvalue weighted by molar-refractivity contribution is 0.0390. The first-order chi connectivity index (χ1) is 14.1. The third kappa shape index (κ3) is 4.58. The molecule has 29 heavy (non-hydrogen) atoms. The van der Waals surface area contributed by atoms with Crippen molar-refractivity contribution in [2.75, 3.05) is 50.9 Å². The van der Waals surface area contributed by atoms with E-state index in [1.54, 1.807) is 17.9 Å². The average Bonchev–Trinajstić information content (AvgIpc) is 3.35. The fourth-order valence-corrected chi connectivity index (χ4v) is 4.23. The second-order valence-corrected chi connectivity index (χ2v) is 7.81. The molecule has 1 fully saturated rings. The second kappa shape index (κ2) is 8.89. The van der Waals surface area contributed by atoms with Crippen molar-refractivity contribution >= 4 is 32.6 Å². The Bertz CT molecular complexity index is 980. The van der Waals surface area contributed by atoms with Gasteiger partial charge in [0.1, 0.15) is 5.75 Å². The van der Waals surface area contributed by atoms with Crippen molar-refractivity contribution in [2.45, 2.75) is 13.8 Å². The van der Waals surface area contributed by atoms with Crippen LogP contribution in [0, 0.1) is 6.92 Å². The maximum atomic E-state index is 13.2. The fraction of sp³-hybridized carbons (Fsp3) is 0.450. The standard InChI is InChI=1S/C20H24N4O4S/c1-3-27-15-4-5-16-18(13-15)29-20(21-16)24(7-6-23-8-10-26-11-9-23)19(25)17-12-14(2)22-28-17/h4-5,12-13H,3,6-11H2,1-2H3. The Morgan fingerprint density at radius 1 is 1.31 bits per heavy atom. The fourth-order valence-electron chi connectivity index (χ4n) is 3.21. The maximum absolute atomic E-state index is 13.2. The van der Waals surface area contributed by atoms with Gasteiger partial charge >= 0.3 is 0 Å². The van der Waals surface area contributed by atoms with Gasteiger partial charge in [0.05, 0.1) is 35.7 Å². The van der Waals surface area contributed by atoms with E-state index < -0.39 is 0 Å². The van der Waals surface area contributed by atoms with Crippen molar-refractivity contribution < 1.29 is 18.8 Å². The Kier molecular flexibility index (Phi) is 6.08. The minimum atomic E-state index is -0.233. The number of aryl methyl sites for hydroxylation is 1. The molecule has 0 unspecified atom stereocenters. The molecule has 1 aromatic carbocycles. The number of thiazole rings is 1. The number of hydrogen-bond donors (Lipinski definition) is 0. The van der Waals surface area contributed by atoms with Crippen LogP contribution in [0.1, 0.15) is 23.2 Å². The van der Waals surface area contributed by atoms with E-state index in [9.17, 15) is 4.79 Å². The number of fused-ring (bicyclic) bond motifs is 1. The number of amides is 1. The van der Waals surface area contributed by atoms with Crippen molar-refractivity contribution in [3.63, 3.8) is 0 Å². The first-order valence-corrected chi connectivity index (χ1v) is 10.5. The van der Waals surface area contributed by atoms with Crippen LogP contribution in [-0.4, -0.2) is 66.9 Å². The maximum Gasteiger partial charge on any atom is 0.298 e. The minimum Gasteiger partial charge on any atom is -0.494 e. The zero-order valence-corrected chi connectivity index (χ0v) is 17.4. The molecule has 8 nitrogen and oxygen atoms in total. The Morgan fingerprint density at radius 2 is 2.14 bits per heavy atom. The van der Waals surface area contributed by atoms with Gasteiger partial charge in [0.2, 0.25) is 5.76 Å². The van der Waals surface area contributed by atoms with Crippen molar-refractivity contribution in [2.24, 2.45) is 0 Å². The summed E-state index contributed by atoms with van der Waals surface area (Å²) in [7, 11) is 0. The summed E-state index contributed by atoms with van der Waals surface area (Å²) in [4.78, 5) is 21.8. The normalized spacial score (nSPS) is 15.0. The molecule has 1 saturated heterocycles. The zero-order valence-electron chi connectivity index (χ0n) is 16.6. The van der Waals surface area contributed by atoms with Gasteiger partial charge < -0.3 is 14.0 Å². The molecule has 1 aliphatic rings. The Morgan fingerprint density at radius 3 is 2.86 bits per heavy atom. The van der Waals surface area contributed by atoms with Crippen LogP contribution < -0.4 is 9.64 Å². The molecule has 1 amide bonds. The number of hydrogen-bond acceptors (Lipinski definition) is 8. The first kappa shape index (κ1) is 19.8. The molecule has 4 rings (SSSR count). The summed E-state index contributed by atoms with van der Waals surface area (Å²) < 4.78 is 17.2. The smallest absolute Gasteiger partial charge is 0.298 e. The number of ether oxygens (including phenoxy) is 2. The van der Waals surface area contributed by atoms with E-state index in [1.165, 1.54) is 11.3 Å². The van der Waals surface area contributed by atoms with E-state index in [2.05, 4.69) is 10.1 Å². The quantitative estimate of drug-likeness (QED) is 0.586. The van der Waals surface area contributed by atoms with Gasteiger partial charge in [-0.15, -0.1) is 0 Å². The molecule has 0 atom stereocenters. The number of nitrogens with zero attached hydrogens (tertiary/aromatic N) is 4. The zero-order chi connectivity index (χ0) is 20.2. The van der Waals surface area contributed by atoms with E-state index in [-0.39, 0.29) is 11.7 Å². The second-order valence-electron chi connectivity index (χ2n) is 6.80. The van der Waals surface area contributed by atoms with Gasteiger partial charge in [0, 0.05) is 32.2 Å². The highest BCUT2D eigenvalue weighted by atomic mass is 32.1. The molecule has 3 aromatic rings. The number of rotatable bonds is 7. The Hall–Kier alpha value is -2.49. The molecule has 0 N–H and O–H groups in total. The molecule has 0 saturated carbocycles. The summed E-state index contributed by atoms with van der Waals surface area (Å²) >= 11 is 1.47. The molecule has 9 heteroatoms. The van der Waals surface area contributed by atoms with Gasteiger partial charge in [-0.3, -0.25) is 14.6 Å². The lowest BCUT2D eigenvalue weighted by Gasteiger charge is -2.28. The first-order valence-electron chi connectivity index (χ1n) is 9.72. The summed E-state index contributed by atoms with van der Waals surface area (Å²) in [5.74, 6) is 0.786. The number of benzene rings is 1. The molecule has 0 bridgehead atoms. The lowest BCUT2D eigenvalue weighted by Crippen LogP contribution is -2.43.